The Kier molecular flexibility index (Phi) is 2.33. The molecule has 0 bridgehead atoms. The highest BCUT2D eigenvalue weighted by molar-refractivity contribution is 6.99. The lowest BCUT2D eigenvalue weighted by atomic mass is 10.1. The summed E-state index contributed by atoms with van der Waals surface area (Å²) in [6.07, 6.45) is -2.10. The summed E-state index contributed by atoms with van der Waals surface area (Å²) < 4.78 is 111. The molecule has 0 aliphatic carbocycles. The van der Waals surface area contributed by atoms with Gasteiger partial charge in [-0.25, -0.2) is 0 Å². The van der Waals surface area contributed by atoms with E-state index in [1.807, 2.05) is 0 Å². The molecule has 8 heteroatoms. The first-order valence-corrected chi connectivity index (χ1v) is 6.71. The Bertz CT molecular complexity index is 800. The van der Waals surface area contributed by atoms with Gasteiger partial charge in [-0.15, -0.1) is 4.37 Å². The molecular weight excluding hydrogens is 292 g/mol. The molecule has 2 N–H and O–H groups in total. The zero-order valence-corrected chi connectivity index (χ0v) is 12.0. The molecule has 1 aliphatic rings. The van der Waals surface area contributed by atoms with E-state index in [-0.39, 0.29) is 0 Å². The van der Waals surface area contributed by atoms with Gasteiger partial charge in [0.1, 0.15) is 12.7 Å². The zero-order valence-electron chi connectivity index (χ0n) is 23.2. The second kappa shape index (κ2) is 7.35. The molecule has 1 saturated heterocycles. The molecule has 2 rings (SSSR count). The minimum Gasteiger partial charge on any atom is -0.472 e. The summed E-state index contributed by atoms with van der Waals surface area (Å²) in [5.74, 6) is -1.08. The summed E-state index contributed by atoms with van der Waals surface area (Å²) >= 11 is 0.485. The number of aliphatic hydroxyl groups excluding tert-OH is 1. The molecular formula is C13H24N4O3S. The number of rotatable bonds is 6. The highest BCUT2D eigenvalue weighted by Gasteiger charge is 2.21. The van der Waals surface area contributed by atoms with E-state index in [0.717, 1.165) is 6.92 Å². The van der Waals surface area contributed by atoms with Crippen LogP contribution in [0.3, 0.4) is 0 Å². The molecule has 1 aromatic rings. The van der Waals surface area contributed by atoms with Crippen LogP contribution in [0, 0.1) is 0 Å². The summed E-state index contributed by atoms with van der Waals surface area (Å²) in [7, 11) is 0. The highest BCUT2D eigenvalue weighted by Crippen LogP contribution is 2.26. The van der Waals surface area contributed by atoms with Gasteiger partial charge in [0.05, 0.1) is 33.2 Å². The number of hydrogen-bond acceptors (Lipinski definition) is 8. The molecule has 120 valence electrons. The summed E-state index contributed by atoms with van der Waals surface area (Å²) in [4.78, 5) is 0.601. The molecule has 0 saturated carbocycles. The Labute approximate surface area is 146 Å². The fraction of sp³-hybridized carbons (Fsp3) is 0.846. The maximum Gasteiger partial charge on any atom is 0.270 e. The second-order valence-corrected chi connectivity index (χ2v) is 4.81. The average Bonchev–Trinajstić information content (AvgIpc) is 3.02. The van der Waals surface area contributed by atoms with Crippen molar-refractivity contribution in [3.05, 3.63) is 0 Å². The first-order chi connectivity index (χ1) is 14.7. The molecule has 0 radical (unpaired) electrons. The van der Waals surface area contributed by atoms with Crippen molar-refractivity contribution in [3.63, 3.8) is 0 Å². The Morgan fingerprint density at radius 1 is 1.62 bits per heavy atom. The number of hydrogen-bond donors (Lipinski definition) is 2. The Hall–Kier alpha value is -0.960. The van der Waals surface area contributed by atoms with Crippen molar-refractivity contribution in [2.75, 3.05) is 44.2 Å². The van der Waals surface area contributed by atoms with Crippen LogP contribution >= 0.6 is 11.7 Å². The fourth-order valence-electron chi connectivity index (χ4n) is 1.32. The van der Waals surface area contributed by atoms with Gasteiger partial charge in [0.15, 0.2) is 0 Å². The van der Waals surface area contributed by atoms with Gasteiger partial charge in [0, 0.05) is 33.3 Å². The Morgan fingerprint density at radius 2 is 2.38 bits per heavy atom. The number of nitrogens with zero attached hydrogens (tertiary/aromatic N) is 3. The van der Waals surface area contributed by atoms with E-state index in [0.29, 0.717) is 16.6 Å². The molecule has 2 heterocycles. The first kappa shape index (κ1) is 6.66. The van der Waals surface area contributed by atoms with Crippen LogP contribution < -0.4 is 15.0 Å². The van der Waals surface area contributed by atoms with Gasteiger partial charge in [-0.05, 0) is 20.6 Å². The third-order valence-corrected chi connectivity index (χ3v) is 2.75. The molecule has 1 fully saturated rings. The topological polar surface area (TPSA) is 79.7 Å². The number of morpholine rings is 1. The molecule has 7 nitrogen and oxygen atoms in total. The van der Waals surface area contributed by atoms with Crippen LogP contribution in [0.25, 0.3) is 0 Å². The van der Waals surface area contributed by atoms with E-state index >= 15 is 0 Å². The van der Waals surface area contributed by atoms with Crippen LogP contribution in [0.5, 0.6) is 5.88 Å². The highest BCUT2D eigenvalue weighted by atomic mass is 32.1. The molecule has 1 aromatic heterocycles. The minimum atomic E-state index is -3.02. The lowest BCUT2D eigenvalue weighted by Gasteiger charge is -2.27. The normalized spacial score (nSPS) is 33.0. The number of nitrogens with one attached hydrogen (secondary N) is 1. The van der Waals surface area contributed by atoms with Crippen molar-refractivity contribution in [1.29, 1.82) is 0 Å². The SMILES string of the molecule is [2H]C([2H])(Oc1nsnc1N1C([2H])([2H])COCC1([2H])[2H])[C@@H](O)CNC(C)(C([2H])([2H])[2H])C([2H])([2H])[2H]. The maximum absolute atomic E-state index is 10.3. The Balaban J connectivity index is 2.24. The largest absolute Gasteiger partial charge is 0.472 e. The number of aliphatic hydroxyl groups is 1. The number of anilines is 1. The minimum absolute atomic E-state index is 0.461. The van der Waals surface area contributed by atoms with Crippen LogP contribution in [0.2, 0.25) is 0 Å². The molecule has 0 spiro atoms. The first-order valence-electron chi connectivity index (χ1n) is 12.0. The van der Waals surface area contributed by atoms with Gasteiger partial charge >= 0.3 is 0 Å². The summed E-state index contributed by atoms with van der Waals surface area (Å²) in [6, 6.07) is 0. The lowest BCUT2D eigenvalue weighted by Crippen LogP contribution is -2.42. The van der Waals surface area contributed by atoms with Gasteiger partial charge in [-0.2, -0.15) is 4.37 Å². The van der Waals surface area contributed by atoms with Crippen molar-refractivity contribution in [2.24, 2.45) is 0 Å². The van der Waals surface area contributed by atoms with Crippen LogP contribution in [0.15, 0.2) is 0 Å². The van der Waals surface area contributed by atoms with Crippen LogP contribution in [-0.4, -0.2) is 64.8 Å². The molecule has 1 aliphatic heterocycles. The number of aromatic nitrogens is 2. The monoisotopic (exact) mass is 328 g/mol. The second-order valence-electron chi connectivity index (χ2n) is 4.28. The molecule has 0 aromatic carbocycles. The average molecular weight is 329 g/mol. The van der Waals surface area contributed by atoms with E-state index < -0.39 is 76.4 Å². The van der Waals surface area contributed by atoms with E-state index in [2.05, 4.69) is 14.1 Å². The summed E-state index contributed by atoms with van der Waals surface area (Å²) in [5.41, 5.74) is -2.47. The predicted molar refractivity (Wildman–Crippen MR) is 82.2 cm³/mol. The van der Waals surface area contributed by atoms with Crippen molar-refractivity contribution in [3.8, 4) is 5.88 Å². The van der Waals surface area contributed by atoms with E-state index in [9.17, 15) is 5.11 Å². The van der Waals surface area contributed by atoms with Gasteiger partial charge in [-0.1, -0.05) is 0 Å². The fourth-order valence-corrected chi connectivity index (χ4v) is 1.79. The Morgan fingerprint density at radius 3 is 3.10 bits per heavy atom. The van der Waals surface area contributed by atoms with Crippen molar-refractivity contribution >= 4 is 17.5 Å². The van der Waals surface area contributed by atoms with Crippen molar-refractivity contribution in [2.45, 2.75) is 32.3 Å². The maximum atomic E-state index is 10.3. The van der Waals surface area contributed by atoms with Gasteiger partial charge in [-0.3, -0.25) is 0 Å². The summed E-state index contributed by atoms with van der Waals surface area (Å²) in [6.45, 7) is -14.7. The van der Waals surface area contributed by atoms with Crippen molar-refractivity contribution < 1.29 is 31.0 Å². The third-order valence-electron chi connectivity index (χ3n) is 2.24. The van der Waals surface area contributed by atoms with E-state index in [1.165, 1.54) is 0 Å². The number of ether oxygens (including phenoxy) is 2. The van der Waals surface area contributed by atoms with E-state index in [1.54, 1.807) is 0 Å². The van der Waals surface area contributed by atoms with Gasteiger partial charge < -0.3 is 24.8 Å². The van der Waals surface area contributed by atoms with E-state index in [4.69, 9.17) is 25.9 Å². The molecule has 0 unspecified atom stereocenters. The van der Waals surface area contributed by atoms with Crippen molar-refractivity contribution in [1.82, 2.24) is 14.1 Å². The van der Waals surface area contributed by atoms with Crippen LogP contribution in [0.4, 0.5) is 5.82 Å². The molecule has 1 atom stereocenters. The van der Waals surface area contributed by atoms with Gasteiger partial charge in [0.25, 0.3) is 5.88 Å². The van der Waals surface area contributed by atoms with Crippen LogP contribution in [-0.2, 0) is 4.74 Å². The predicted octanol–water partition coefficient (Wildman–Crippen LogP) is 0.502. The standard InChI is InChI=1S/C13H24N4O3S/c1-13(2,3)14-8-10(18)9-20-12-11(15-21-16-12)17-4-6-19-7-5-17/h10,14,18H,4-9H2,1-3H3/t10-/m0/s1/i1D3,2D3,4D2,5D2,9D2. The quantitative estimate of drug-likeness (QED) is 0.787. The third kappa shape index (κ3) is 5.39. The zero-order chi connectivity index (χ0) is 25.7. The van der Waals surface area contributed by atoms with Gasteiger partial charge in [0.2, 0.25) is 5.82 Å². The number of β-amino-alcohol motifs (C(OH)–C–C–N with tert-alkyl or cyclic N) is 1. The smallest absolute Gasteiger partial charge is 0.270 e. The molecule has 21 heavy (non-hydrogen) atoms. The summed E-state index contributed by atoms with van der Waals surface area (Å²) in [5, 5.41) is 12.5. The lowest BCUT2D eigenvalue weighted by molar-refractivity contribution is 0.0975. The molecule has 0 amide bonds. The van der Waals surface area contributed by atoms with Crippen LogP contribution in [0.1, 0.15) is 37.1 Å².